The Bertz CT molecular complexity index is 1090. The Balaban J connectivity index is 1.73. The molecule has 0 radical (unpaired) electrons. The van der Waals surface area contributed by atoms with Crippen molar-refractivity contribution < 1.29 is 24.2 Å². The van der Waals surface area contributed by atoms with Crippen molar-refractivity contribution in [2.75, 3.05) is 46.0 Å². The number of ketones is 1. The molecule has 178 valence electrons. The number of hydrogen-bond donors (Lipinski definition) is 1. The maximum absolute atomic E-state index is 13.2. The molecule has 2 aliphatic rings. The summed E-state index contributed by atoms with van der Waals surface area (Å²) in [7, 11) is 0. The molecule has 0 aliphatic carbocycles. The van der Waals surface area contributed by atoms with Gasteiger partial charge in [-0.05, 0) is 24.6 Å². The van der Waals surface area contributed by atoms with E-state index in [0.717, 1.165) is 18.7 Å². The molecule has 7 nitrogen and oxygen atoms in total. The van der Waals surface area contributed by atoms with Gasteiger partial charge in [0.1, 0.15) is 18.1 Å². The van der Waals surface area contributed by atoms with Gasteiger partial charge in [0.25, 0.3) is 11.7 Å². The highest BCUT2D eigenvalue weighted by Crippen LogP contribution is 2.40. The van der Waals surface area contributed by atoms with Crippen molar-refractivity contribution in [2.45, 2.75) is 13.0 Å². The third kappa shape index (κ3) is 5.05. The van der Waals surface area contributed by atoms with E-state index in [1.165, 1.54) is 0 Å². The Labute approximate surface area is 199 Å². The molecule has 1 N–H and O–H groups in total. The van der Waals surface area contributed by atoms with Crippen LogP contribution < -0.4 is 4.74 Å². The van der Waals surface area contributed by atoms with Gasteiger partial charge in [0, 0.05) is 31.7 Å². The second-order valence-corrected chi connectivity index (χ2v) is 8.48. The number of amides is 1. The van der Waals surface area contributed by atoms with Crippen LogP contribution in [-0.2, 0) is 14.3 Å². The lowest BCUT2D eigenvalue weighted by Gasteiger charge is -2.31. The van der Waals surface area contributed by atoms with E-state index in [4.69, 9.17) is 9.47 Å². The van der Waals surface area contributed by atoms with E-state index in [0.29, 0.717) is 49.8 Å². The zero-order chi connectivity index (χ0) is 24.1. The van der Waals surface area contributed by atoms with Gasteiger partial charge in [0.05, 0.1) is 24.8 Å². The minimum absolute atomic E-state index is 0.0942. The van der Waals surface area contributed by atoms with Crippen molar-refractivity contribution in [1.82, 2.24) is 9.80 Å². The molecule has 1 amide bonds. The van der Waals surface area contributed by atoms with Crippen LogP contribution in [0.2, 0.25) is 0 Å². The quantitative estimate of drug-likeness (QED) is 0.281. The van der Waals surface area contributed by atoms with Crippen molar-refractivity contribution in [1.29, 1.82) is 0 Å². The van der Waals surface area contributed by atoms with Gasteiger partial charge < -0.3 is 19.5 Å². The van der Waals surface area contributed by atoms with Crippen LogP contribution in [0, 0.1) is 6.92 Å². The number of likely N-dealkylation sites (tertiary alicyclic amines) is 1. The van der Waals surface area contributed by atoms with Crippen LogP contribution in [0.4, 0.5) is 0 Å². The van der Waals surface area contributed by atoms with Gasteiger partial charge in [-0.25, -0.2) is 0 Å². The SMILES string of the molecule is C=CCOc1cccc([C@@H]2C(=C(O)c3ccc(C)cc3)C(=O)C(=O)N2CCN2CCOCC2)c1. The van der Waals surface area contributed by atoms with Crippen LogP contribution in [0.5, 0.6) is 5.75 Å². The molecule has 7 heteroatoms. The molecule has 34 heavy (non-hydrogen) atoms. The summed E-state index contributed by atoms with van der Waals surface area (Å²) in [6, 6.07) is 13.8. The van der Waals surface area contributed by atoms with Gasteiger partial charge in [-0.2, -0.15) is 0 Å². The molecule has 2 saturated heterocycles. The molecule has 0 aromatic heterocycles. The van der Waals surface area contributed by atoms with E-state index in [-0.39, 0.29) is 11.3 Å². The Morgan fingerprint density at radius 3 is 2.59 bits per heavy atom. The lowest BCUT2D eigenvalue weighted by Crippen LogP contribution is -2.42. The highest BCUT2D eigenvalue weighted by atomic mass is 16.5. The Morgan fingerprint density at radius 2 is 1.88 bits per heavy atom. The van der Waals surface area contributed by atoms with Crippen LogP contribution in [0.3, 0.4) is 0 Å². The fourth-order valence-electron chi connectivity index (χ4n) is 4.33. The number of aryl methyl sites for hydroxylation is 1. The lowest BCUT2D eigenvalue weighted by atomic mass is 9.95. The van der Waals surface area contributed by atoms with E-state index >= 15 is 0 Å². The summed E-state index contributed by atoms with van der Waals surface area (Å²) in [5.41, 5.74) is 2.33. The lowest BCUT2D eigenvalue weighted by molar-refractivity contribution is -0.140. The van der Waals surface area contributed by atoms with Crippen molar-refractivity contribution in [2.24, 2.45) is 0 Å². The van der Waals surface area contributed by atoms with E-state index in [1.54, 1.807) is 23.1 Å². The minimum atomic E-state index is -0.713. The first-order chi connectivity index (χ1) is 16.5. The molecule has 0 spiro atoms. The number of benzene rings is 2. The molecule has 2 fully saturated rings. The highest BCUT2D eigenvalue weighted by Gasteiger charge is 2.46. The third-order valence-corrected chi connectivity index (χ3v) is 6.17. The molecule has 2 aromatic rings. The first-order valence-corrected chi connectivity index (χ1v) is 11.5. The number of Topliss-reactive ketones (excluding diaryl/α,β-unsaturated/α-hetero) is 1. The number of nitrogens with zero attached hydrogens (tertiary/aromatic N) is 2. The molecule has 2 aliphatic heterocycles. The molecular formula is C27H30N2O5. The smallest absolute Gasteiger partial charge is 0.295 e. The molecule has 2 heterocycles. The van der Waals surface area contributed by atoms with E-state index < -0.39 is 17.7 Å². The predicted molar refractivity (Wildman–Crippen MR) is 130 cm³/mol. The number of rotatable bonds is 8. The van der Waals surface area contributed by atoms with Crippen molar-refractivity contribution >= 4 is 17.4 Å². The van der Waals surface area contributed by atoms with Crippen molar-refractivity contribution in [3.63, 3.8) is 0 Å². The summed E-state index contributed by atoms with van der Waals surface area (Å²) in [6.45, 7) is 9.80. The molecule has 1 atom stereocenters. The Morgan fingerprint density at radius 1 is 1.15 bits per heavy atom. The number of aliphatic hydroxyl groups is 1. The summed E-state index contributed by atoms with van der Waals surface area (Å²) in [5.74, 6) is -0.854. The topological polar surface area (TPSA) is 79.3 Å². The second-order valence-electron chi connectivity index (χ2n) is 8.48. The van der Waals surface area contributed by atoms with E-state index in [2.05, 4.69) is 11.5 Å². The zero-order valence-electron chi connectivity index (χ0n) is 19.4. The van der Waals surface area contributed by atoms with Crippen LogP contribution >= 0.6 is 0 Å². The van der Waals surface area contributed by atoms with Crippen molar-refractivity contribution in [3.05, 3.63) is 83.4 Å². The molecule has 0 saturated carbocycles. The number of morpholine rings is 1. The number of ether oxygens (including phenoxy) is 2. The molecular weight excluding hydrogens is 432 g/mol. The average Bonchev–Trinajstić information content (AvgIpc) is 3.12. The fraction of sp³-hybridized carbons (Fsp3) is 0.333. The number of carbonyl (C=O) groups is 2. The largest absolute Gasteiger partial charge is 0.507 e. The summed E-state index contributed by atoms with van der Waals surface area (Å²) in [4.78, 5) is 30.1. The number of aliphatic hydroxyl groups excluding tert-OH is 1. The summed E-state index contributed by atoms with van der Waals surface area (Å²) >= 11 is 0. The molecule has 0 bridgehead atoms. The third-order valence-electron chi connectivity index (χ3n) is 6.17. The van der Waals surface area contributed by atoms with Gasteiger partial charge in [0.15, 0.2) is 0 Å². The minimum Gasteiger partial charge on any atom is -0.507 e. The molecule has 2 aromatic carbocycles. The summed E-state index contributed by atoms with van der Waals surface area (Å²) < 4.78 is 11.1. The maximum Gasteiger partial charge on any atom is 0.295 e. The Kier molecular flexibility index (Phi) is 7.45. The van der Waals surface area contributed by atoms with Crippen LogP contribution in [0.1, 0.15) is 22.7 Å². The van der Waals surface area contributed by atoms with Crippen LogP contribution in [-0.4, -0.2) is 72.6 Å². The summed E-state index contributed by atoms with van der Waals surface area (Å²) in [5, 5.41) is 11.2. The van der Waals surface area contributed by atoms with Crippen LogP contribution in [0.15, 0.2) is 66.8 Å². The van der Waals surface area contributed by atoms with Gasteiger partial charge in [-0.3, -0.25) is 14.5 Å². The zero-order valence-corrected chi connectivity index (χ0v) is 19.4. The fourth-order valence-corrected chi connectivity index (χ4v) is 4.33. The first kappa shape index (κ1) is 23.7. The van der Waals surface area contributed by atoms with E-state index in [1.807, 2.05) is 43.3 Å². The normalized spacial score (nSPS) is 20.5. The maximum atomic E-state index is 13.2. The predicted octanol–water partition coefficient (Wildman–Crippen LogP) is 3.31. The monoisotopic (exact) mass is 462 g/mol. The van der Waals surface area contributed by atoms with Gasteiger partial charge in [0.2, 0.25) is 0 Å². The highest BCUT2D eigenvalue weighted by molar-refractivity contribution is 6.46. The second kappa shape index (κ2) is 10.7. The first-order valence-electron chi connectivity index (χ1n) is 11.5. The standard InChI is InChI=1S/C27H30N2O5/c1-3-15-34-22-6-4-5-21(18-22)24-23(25(30)20-9-7-19(2)8-10-20)26(31)27(32)29(24)12-11-28-13-16-33-17-14-28/h3-10,18,24,30H,1,11-17H2,2H3/t24-/m1/s1. The molecule has 4 rings (SSSR count). The van der Waals surface area contributed by atoms with Crippen LogP contribution in [0.25, 0.3) is 5.76 Å². The van der Waals surface area contributed by atoms with E-state index in [9.17, 15) is 14.7 Å². The molecule has 0 unspecified atom stereocenters. The average molecular weight is 463 g/mol. The number of hydrogen-bond acceptors (Lipinski definition) is 6. The van der Waals surface area contributed by atoms with Gasteiger partial charge in [-0.1, -0.05) is 54.6 Å². The van der Waals surface area contributed by atoms with Crippen molar-refractivity contribution in [3.8, 4) is 5.75 Å². The van der Waals surface area contributed by atoms with Gasteiger partial charge >= 0.3 is 0 Å². The summed E-state index contributed by atoms with van der Waals surface area (Å²) in [6.07, 6.45) is 1.65. The Hall–Kier alpha value is -3.42. The van der Waals surface area contributed by atoms with Gasteiger partial charge in [-0.15, -0.1) is 0 Å². The number of carbonyl (C=O) groups excluding carboxylic acids is 2.